The zero-order chi connectivity index (χ0) is 11.7. The molecule has 15 heavy (non-hydrogen) atoms. The molecule has 0 saturated carbocycles. The molecule has 0 saturated heterocycles. The Morgan fingerprint density at radius 3 is 2.33 bits per heavy atom. The Hall–Kier alpha value is 0.270. The number of hydrogen-bond acceptors (Lipinski definition) is 3. The minimum absolute atomic E-state index is 0.571. The van der Waals surface area contributed by atoms with Gasteiger partial charge in [-0.2, -0.15) is 11.8 Å². The molecule has 0 aliphatic carbocycles. The summed E-state index contributed by atoms with van der Waals surface area (Å²) in [5.41, 5.74) is 5.85. The van der Waals surface area contributed by atoms with Gasteiger partial charge in [-0.05, 0) is 26.1 Å². The Morgan fingerprint density at radius 2 is 1.93 bits per heavy atom. The molecule has 0 amide bonds. The molecule has 0 fully saturated rings. The van der Waals surface area contributed by atoms with Crippen molar-refractivity contribution in [3.63, 3.8) is 0 Å². The normalized spacial score (nSPS) is 15.6. The maximum atomic E-state index is 5.85. The highest BCUT2D eigenvalue weighted by atomic mass is 32.2. The number of nitrogens with two attached hydrogens (primary N) is 1. The molecule has 2 nitrogen and oxygen atoms in total. The maximum absolute atomic E-state index is 5.85. The van der Waals surface area contributed by atoms with Crippen molar-refractivity contribution in [1.82, 2.24) is 4.90 Å². The summed E-state index contributed by atoms with van der Waals surface area (Å²) in [6.07, 6.45) is 7.21. The largest absolute Gasteiger partial charge is 0.329 e. The minimum Gasteiger partial charge on any atom is -0.329 e. The molecule has 0 aliphatic rings. The molecule has 0 spiro atoms. The van der Waals surface area contributed by atoms with Crippen LogP contribution in [-0.2, 0) is 0 Å². The maximum Gasteiger partial charge on any atom is 0.0218 e. The molecule has 0 rings (SSSR count). The Morgan fingerprint density at radius 1 is 1.27 bits per heavy atom. The molecule has 0 bridgehead atoms. The highest BCUT2D eigenvalue weighted by Crippen LogP contribution is 2.14. The van der Waals surface area contributed by atoms with E-state index in [9.17, 15) is 0 Å². The molecule has 3 heteroatoms. The van der Waals surface area contributed by atoms with E-state index in [0.29, 0.717) is 12.1 Å². The van der Waals surface area contributed by atoms with Crippen LogP contribution in [0.15, 0.2) is 0 Å². The predicted octanol–water partition coefficient (Wildman–Crippen LogP) is 2.58. The smallest absolute Gasteiger partial charge is 0.0218 e. The number of nitrogens with zero attached hydrogens (tertiary/aromatic N) is 1. The van der Waals surface area contributed by atoms with E-state index < -0.39 is 0 Å². The van der Waals surface area contributed by atoms with Gasteiger partial charge in [-0.3, -0.25) is 4.90 Å². The van der Waals surface area contributed by atoms with Crippen molar-refractivity contribution in [3.05, 3.63) is 0 Å². The van der Waals surface area contributed by atoms with Gasteiger partial charge in [0.05, 0.1) is 0 Å². The third kappa shape index (κ3) is 5.79. The minimum atomic E-state index is 0.571. The fraction of sp³-hybridized carbons (Fsp3) is 1.00. The number of unbranched alkanes of at least 4 members (excludes halogenated alkanes) is 1. The first kappa shape index (κ1) is 15.3. The fourth-order valence-electron chi connectivity index (χ4n) is 1.94. The topological polar surface area (TPSA) is 29.3 Å². The van der Waals surface area contributed by atoms with E-state index in [1.165, 1.54) is 31.4 Å². The number of likely N-dealkylation sites (N-methyl/N-ethyl adjacent to an activating group) is 1. The van der Waals surface area contributed by atoms with Crippen molar-refractivity contribution in [3.8, 4) is 0 Å². The summed E-state index contributed by atoms with van der Waals surface area (Å²) in [5.74, 6) is 1.22. The van der Waals surface area contributed by atoms with Gasteiger partial charge in [-0.15, -0.1) is 0 Å². The lowest BCUT2D eigenvalue weighted by atomic mass is 10.1. The van der Waals surface area contributed by atoms with Crippen LogP contribution >= 0.6 is 11.8 Å². The molecule has 0 heterocycles. The Labute approximate surface area is 100.0 Å². The van der Waals surface area contributed by atoms with Gasteiger partial charge in [0.25, 0.3) is 0 Å². The fourth-order valence-corrected chi connectivity index (χ4v) is 2.80. The lowest BCUT2D eigenvalue weighted by molar-refractivity contribution is 0.176. The van der Waals surface area contributed by atoms with Crippen LogP contribution in [0.1, 0.15) is 39.5 Å². The first-order valence-corrected chi connectivity index (χ1v) is 7.51. The summed E-state index contributed by atoms with van der Waals surface area (Å²) in [5, 5.41) is 0. The second kappa shape index (κ2) is 9.49. The molecular formula is C12H28N2S. The Kier molecular flexibility index (Phi) is 9.66. The first-order chi connectivity index (χ1) is 7.21. The van der Waals surface area contributed by atoms with Gasteiger partial charge >= 0.3 is 0 Å². The number of rotatable bonds is 9. The summed E-state index contributed by atoms with van der Waals surface area (Å²) < 4.78 is 0. The van der Waals surface area contributed by atoms with Gasteiger partial charge in [-0.25, -0.2) is 0 Å². The summed E-state index contributed by atoms with van der Waals surface area (Å²) in [4.78, 5) is 2.49. The second-order valence-corrected chi connectivity index (χ2v) is 5.13. The zero-order valence-electron chi connectivity index (χ0n) is 10.8. The summed E-state index contributed by atoms with van der Waals surface area (Å²) >= 11 is 1.93. The quantitative estimate of drug-likeness (QED) is 0.662. The highest BCUT2D eigenvalue weighted by molar-refractivity contribution is 7.98. The van der Waals surface area contributed by atoms with Crippen molar-refractivity contribution < 1.29 is 0 Å². The van der Waals surface area contributed by atoms with Crippen molar-refractivity contribution >= 4 is 11.8 Å². The molecule has 2 atom stereocenters. The summed E-state index contributed by atoms with van der Waals surface area (Å²) in [6, 6.07) is 1.26. The van der Waals surface area contributed by atoms with Gasteiger partial charge in [0.1, 0.15) is 0 Å². The van der Waals surface area contributed by atoms with Gasteiger partial charge in [0.2, 0.25) is 0 Å². The lowest BCUT2D eigenvalue weighted by Crippen LogP contribution is -2.45. The van der Waals surface area contributed by atoms with Crippen LogP contribution in [0.25, 0.3) is 0 Å². The molecule has 0 aliphatic heterocycles. The molecule has 0 aromatic rings. The van der Waals surface area contributed by atoms with E-state index in [-0.39, 0.29) is 0 Å². The second-order valence-electron chi connectivity index (χ2n) is 4.21. The predicted molar refractivity (Wildman–Crippen MR) is 72.6 cm³/mol. The third-order valence-electron chi connectivity index (χ3n) is 3.15. The van der Waals surface area contributed by atoms with Crippen LogP contribution in [0.3, 0.4) is 0 Å². The molecule has 2 N–H and O–H groups in total. The van der Waals surface area contributed by atoms with E-state index in [1.807, 2.05) is 11.8 Å². The molecular weight excluding hydrogens is 204 g/mol. The van der Waals surface area contributed by atoms with Crippen LogP contribution < -0.4 is 5.73 Å². The van der Waals surface area contributed by atoms with E-state index in [0.717, 1.165) is 6.54 Å². The average molecular weight is 232 g/mol. The van der Waals surface area contributed by atoms with Gasteiger partial charge in [0, 0.05) is 24.4 Å². The highest BCUT2D eigenvalue weighted by Gasteiger charge is 2.19. The van der Waals surface area contributed by atoms with Crippen molar-refractivity contribution in [2.75, 3.05) is 25.6 Å². The molecule has 0 aromatic carbocycles. The summed E-state index contributed by atoms with van der Waals surface area (Å²) in [6.45, 7) is 5.30. The van der Waals surface area contributed by atoms with Crippen LogP contribution in [-0.4, -0.2) is 42.6 Å². The number of hydrogen-bond donors (Lipinski definition) is 1. The zero-order valence-corrected chi connectivity index (χ0v) is 11.6. The van der Waals surface area contributed by atoms with Gasteiger partial charge in [0.15, 0.2) is 0 Å². The molecule has 92 valence electrons. The lowest BCUT2D eigenvalue weighted by Gasteiger charge is -2.34. The summed E-state index contributed by atoms with van der Waals surface area (Å²) in [7, 11) is 2.23. The van der Waals surface area contributed by atoms with Crippen LogP contribution in [0.4, 0.5) is 0 Å². The van der Waals surface area contributed by atoms with E-state index in [4.69, 9.17) is 5.73 Å². The third-order valence-corrected chi connectivity index (χ3v) is 3.86. The van der Waals surface area contributed by atoms with Crippen LogP contribution in [0, 0.1) is 0 Å². The standard InChI is InChI=1S/C12H28N2S/c1-5-7-8-12(9-13)14(3)11(6-2)10-15-4/h11-12H,5-10,13H2,1-4H3. The average Bonchev–Trinajstić information content (AvgIpc) is 2.26. The Balaban J connectivity index is 4.13. The van der Waals surface area contributed by atoms with Crippen molar-refractivity contribution in [2.24, 2.45) is 5.73 Å². The van der Waals surface area contributed by atoms with E-state index in [1.54, 1.807) is 0 Å². The first-order valence-electron chi connectivity index (χ1n) is 6.12. The van der Waals surface area contributed by atoms with E-state index in [2.05, 4.69) is 32.1 Å². The molecule has 0 radical (unpaired) electrons. The van der Waals surface area contributed by atoms with Gasteiger partial charge in [-0.1, -0.05) is 26.7 Å². The van der Waals surface area contributed by atoms with Crippen LogP contribution in [0.5, 0.6) is 0 Å². The van der Waals surface area contributed by atoms with Crippen LogP contribution in [0.2, 0.25) is 0 Å². The monoisotopic (exact) mass is 232 g/mol. The van der Waals surface area contributed by atoms with E-state index >= 15 is 0 Å². The Bertz CT molecular complexity index is 142. The van der Waals surface area contributed by atoms with Gasteiger partial charge < -0.3 is 5.73 Å². The molecule has 0 aromatic heterocycles. The van der Waals surface area contributed by atoms with Crippen molar-refractivity contribution in [1.29, 1.82) is 0 Å². The SMILES string of the molecule is CCCCC(CN)N(C)C(CC)CSC. The van der Waals surface area contributed by atoms with Crippen molar-refractivity contribution in [2.45, 2.75) is 51.6 Å². The number of thioether (sulfide) groups is 1. The molecule has 2 unspecified atom stereocenters.